The van der Waals surface area contributed by atoms with Gasteiger partial charge in [0, 0.05) is 37.7 Å². The summed E-state index contributed by atoms with van der Waals surface area (Å²) in [5.41, 5.74) is 2.20. The molecule has 0 atom stereocenters. The van der Waals surface area contributed by atoms with Gasteiger partial charge in [-0.15, -0.1) is 0 Å². The Bertz CT molecular complexity index is 815. The minimum absolute atomic E-state index is 0.102. The fourth-order valence-corrected chi connectivity index (χ4v) is 3.64. The predicted octanol–water partition coefficient (Wildman–Crippen LogP) is 2.71. The van der Waals surface area contributed by atoms with Crippen LogP contribution < -0.4 is 20.7 Å². The van der Waals surface area contributed by atoms with Gasteiger partial charge in [0.15, 0.2) is 5.96 Å². The first-order valence-corrected chi connectivity index (χ1v) is 10.1. The van der Waals surface area contributed by atoms with E-state index in [1.165, 1.54) is 24.8 Å². The average Bonchev–Trinajstić information content (AvgIpc) is 2.75. The van der Waals surface area contributed by atoms with Crippen LogP contribution in [0.4, 0.5) is 0 Å². The third-order valence-corrected chi connectivity index (χ3v) is 5.57. The number of nitrogens with one attached hydrogen (secondary N) is 3. The highest BCUT2D eigenvalue weighted by molar-refractivity contribution is 5.94. The number of benzene rings is 2. The van der Waals surface area contributed by atoms with Crippen LogP contribution in [-0.2, 0) is 5.41 Å². The zero-order valence-electron chi connectivity index (χ0n) is 17.2. The molecule has 0 bridgehead atoms. The standard InChI is InChI=1S/C23H30N4O2/c1-24-22(27-17-23(13-6-14-23)19-7-4-3-5-8-19)26-16-15-25-21(28)18-9-11-20(29-2)12-10-18/h3-5,7-12H,6,13-17H2,1-2H3,(H,25,28)(H2,24,26,27). The summed E-state index contributed by atoms with van der Waals surface area (Å²) < 4.78 is 5.11. The van der Waals surface area contributed by atoms with Crippen molar-refractivity contribution in [1.82, 2.24) is 16.0 Å². The van der Waals surface area contributed by atoms with Crippen molar-refractivity contribution in [3.8, 4) is 5.75 Å². The molecule has 0 radical (unpaired) electrons. The largest absolute Gasteiger partial charge is 0.497 e. The summed E-state index contributed by atoms with van der Waals surface area (Å²) in [7, 11) is 3.37. The first-order valence-electron chi connectivity index (χ1n) is 10.1. The van der Waals surface area contributed by atoms with Gasteiger partial charge in [-0.05, 0) is 42.7 Å². The number of amides is 1. The summed E-state index contributed by atoms with van der Waals surface area (Å²) in [6.07, 6.45) is 3.65. The maximum Gasteiger partial charge on any atom is 0.251 e. The zero-order chi connectivity index (χ0) is 20.5. The van der Waals surface area contributed by atoms with E-state index in [9.17, 15) is 4.79 Å². The quantitative estimate of drug-likeness (QED) is 0.366. The third kappa shape index (κ3) is 5.28. The van der Waals surface area contributed by atoms with Gasteiger partial charge in [-0.3, -0.25) is 9.79 Å². The highest BCUT2D eigenvalue weighted by Gasteiger charge is 2.38. The smallest absolute Gasteiger partial charge is 0.251 e. The summed E-state index contributed by atoms with van der Waals surface area (Å²) in [6, 6.07) is 17.8. The first-order chi connectivity index (χ1) is 14.2. The van der Waals surface area contributed by atoms with E-state index >= 15 is 0 Å². The van der Waals surface area contributed by atoms with Gasteiger partial charge in [-0.25, -0.2) is 0 Å². The van der Waals surface area contributed by atoms with Gasteiger partial charge < -0.3 is 20.7 Å². The number of hydrogen-bond donors (Lipinski definition) is 3. The molecule has 2 aromatic rings. The third-order valence-electron chi connectivity index (χ3n) is 5.57. The molecule has 1 aliphatic carbocycles. The van der Waals surface area contributed by atoms with Gasteiger partial charge in [0.05, 0.1) is 7.11 Å². The summed E-state index contributed by atoms with van der Waals surface area (Å²) >= 11 is 0. The van der Waals surface area contributed by atoms with Crippen molar-refractivity contribution in [2.45, 2.75) is 24.7 Å². The monoisotopic (exact) mass is 394 g/mol. The number of carbonyl (C=O) groups excluding carboxylic acids is 1. The van der Waals surface area contributed by atoms with Crippen molar-refractivity contribution < 1.29 is 9.53 Å². The lowest BCUT2D eigenvalue weighted by atomic mass is 9.64. The fraction of sp³-hybridized carbons (Fsp3) is 0.391. The molecule has 0 unspecified atom stereocenters. The molecule has 1 amide bonds. The van der Waals surface area contributed by atoms with Crippen molar-refractivity contribution in [1.29, 1.82) is 0 Å². The van der Waals surface area contributed by atoms with Gasteiger partial charge in [0.1, 0.15) is 5.75 Å². The van der Waals surface area contributed by atoms with Crippen LogP contribution in [0.5, 0.6) is 5.75 Å². The molecular weight excluding hydrogens is 364 g/mol. The van der Waals surface area contributed by atoms with Gasteiger partial charge >= 0.3 is 0 Å². The van der Waals surface area contributed by atoms with Crippen LogP contribution in [0.3, 0.4) is 0 Å². The number of carbonyl (C=O) groups is 1. The van der Waals surface area contributed by atoms with E-state index in [1.807, 2.05) is 0 Å². The molecule has 0 aromatic heterocycles. The number of methoxy groups -OCH3 is 1. The highest BCUT2D eigenvalue weighted by atomic mass is 16.5. The van der Waals surface area contributed by atoms with Crippen LogP contribution >= 0.6 is 0 Å². The Balaban J connectivity index is 1.42. The summed E-state index contributed by atoms with van der Waals surface area (Å²) in [6.45, 7) is 1.96. The van der Waals surface area contributed by atoms with Crippen LogP contribution in [0, 0.1) is 0 Å². The Kier molecular flexibility index (Phi) is 7.11. The summed E-state index contributed by atoms with van der Waals surface area (Å²) in [4.78, 5) is 16.5. The molecule has 6 heteroatoms. The van der Waals surface area contributed by atoms with Gasteiger partial charge in [0.2, 0.25) is 0 Å². The molecule has 29 heavy (non-hydrogen) atoms. The molecule has 0 spiro atoms. The van der Waals surface area contributed by atoms with E-state index < -0.39 is 0 Å². The molecule has 1 saturated carbocycles. The zero-order valence-corrected chi connectivity index (χ0v) is 17.2. The second-order valence-electron chi connectivity index (χ2n) is 7.34. The number of guanidine groups is 1. The van der Waals surface area contributed by atoms with Crippen LogP contribution in [0.25, 0.3) is 0 Å². The lowest BCUT2D eigenvalue weighted by Gasteiger charge is -2.43. The SMILES string of the molecule is CN=C(NCCNC(=O)c1ccc(OC)cc1)NCC1(c2ccccc2)CCC1. The van der Waals surface area contributed by atoms with Crippen LogP contribution in [-0.4, -0.2) is 45.7 Å². The van der Waals surface area contributed by atoms with Crippen LogP contribution in [0.2, 0.25) is 0 Å². The molecular formula is C23H30N4O2. The number of rotatable bonds is 8. The van der Waals surface area contributed by atoms with Gasteiger partial charge in [0.25, 0.3) is 5.91 Å². The van der Waals surface area contributed by atoms with Crippen LogP contribution in [0.1, 0.15) is 35.2 Å². The van der Waals surface area contributed by atoms with Crippen molar-refractivity contribution in [2.75, 3.05) is 33.8 Å². The summed E-state index contributed by atoms with van der Waals surface area (Å²) in [5, 5.41) is 9.64. The molecule has 3 N–H and O–H groups in total. The molecule has 154 valence electrons. The minimum atomic E-state index is -0.102. The van der Waals surface area contributed by atoms with Crippen molar-refractivity contribution in [3.05, 3.63) is 65.7 Å². The summed E-state index contributed by atoms with van der Waals surface area (Å²) in [5.74, 6) is 1.39. The van der Waals surface area contributed by atoms with Crippen LogP contribution in [0.15, 0.2) is 59.6 Å². The van der Waals surface area contributed by atoms with Crippen molar-refractivity contribution >= 4 is 11.9 Å². The Morgan fingerprint density at radius 3 is 2.28 bits per heavy atom. The lowest BCUT2D eigenvalue weighted by Crippen LogP contribution is -2.49. The molecule has 0 aliphatic heterocycles. The van der Waals surface area contributed by atoms with Crippen molar-refractivity contribution in [3.63, 3.8) is 0 Å². The molecule has 1 fully saturated rings. The Morgan fingerprint density at radius 1 is 1.00 bits per heavy atom. The Labute approximate surface area is 172 Å². The second kappa shape index (κ2) is 9.96. The molecule has 2 aromatic carbocycles. The molecule has 3 rings (SSSR count). The molecule has 1 aliphatic rings. The normalized spacial score (nSPS) is 15.2. The van der Waals surface area contributed by atoms with Crippen molar-refractivity contribution in [2.24, 2.45) is 4.99 Å². The maximum atomic E-state index is 12.2. The van der Waals surface area contributed by atoms with Gasteiger partial charge in [-0.1, -0.05) is 36.8 Å². The lowest BCUT2D eigenvalue weighted by molar-refractivity contribution is 0.0954. The average molecular weight is 395 g/mol. The minimum Gasteiger partial charge on any atom is -0.497 e. The predicted molar refractivity (Wildman–Crippen MR) is 117 cm³/mol. The molecule has 0 saturated heterocycles. The van der Waals surface area contributed by atoms with E-state index in [1.54, 1.807) is 38.4 Å². The number of hydrogen-bond acceptors (Lipinski definition) is 3. The maximum absolute atomic E-state index is 12.2. The number of nitrogens with zero attached hydrogens (tertiary/aromatic N) is 1. The van der Waals surface area contributed by atoms with Gasteiger partial charge in [-0.2, -0.15) is 0 Å². The fourth-order valence-electron chi connectivity index (χ4n) is 3.64. The number of ether oxygens (including phenoxy) is 1. The molecule has 0 heterocycles. The first kappa shape index (κ1) is 20.7. The van der Waals surface area contributed by atoms with E-state index in [-0.39, 0.29) is 11.3 Å². The van der Waals surface area contributed by atoms with E-state index in [4.69, 9.17) is 4.74 Å². The second-order valence-corrected chi connectivity index (χ2v) is 7.34. The number of aliphatic imine (C=N–C) groups is 1. The molecule has 6 nitrogen and oxygen atoms in total. The highest BCUT2D eigenvalue weighted by Crippen LogP contribution is 2.43. The topological polar surface area (TPSA) is 74.8 Å². The Morgan fingerprint density at radius 2 is 1.69 bits per heavy atom. The van der Waals surface area contributed by atoms with E-state index in [0.29, 0.717) is 18.7 Å². The van der Waals surface area contributed by atoms with E-state index in [0.717, 1.165) is 18.3 Å². The van der Waals surface area contributed by atoms with E-state index in [2.05, 4.69) is 51.3 Å². The Hall–Kier alpha value is -3.02.